The van der Waals surface area contributed by atoms with Crippen LogP contribution in [0.5, 0.6) is 0 Å². The van der Waals surface area contributed by atoms with E-state index in [1.54, 1.807) is 0 Å². The Kier molecular flexibility index (Phi) is 5.65. The molecule has 0 aromatic heterocycles. The number of rotatable bonds is 7. The van der Waals surface area contributed by atoms with Crippen molar-refractivity contribution >= 4 is 10.0 Å². The summed E-state index contributed by atoms with van der Waals surface area (Å²) in [6.45, 7) is 0.371. The van der Waals surface area contributed by atoms with Crippen LogP contribution in [0.2, 0.25) is 0 Å². The van der Waals surface area contributed by atoms with Crippen molar-refractivity contribution in [1.29, 1.82) is 0 Å². The molecule has 0 fully saturated rings. The lowest BCUT2D eigenvalue weighted by molar-refractivity contribution is 0.299. The molecular formula is C16H18FNO3S. The Labute approximate surface area is 129 Å². The number of hydrogen-bond acceptors (Lipinski definition) is 3. The van der Waals surface area contributed by atoms with Gasteiger partial charge in [-0.15, -0.1) is 0 Å². The number of hydrogen-bond donors (Lipinski definition) is 2. The van der Waals surface area contributed by atoms with Gasteiger partial charge in [0.15, 0.2) is 0 Å². The summed E-state index contributed by atoms with van der Waals surface area (Å²) in [4.78, 5) is 0.0483. The lowest BCUT2D eigenvalue weighted by atomic mass is 10.1. The molecule has 0 aliphatic carbocycles. The van der Waals surface area contributed by atoms with E-state index in [2.05, 4.69) is 4.72 Å². The molecule has 0 unspecified atom stereocenters. The molecule has 0 saturated carbocycles. The zero-order valence-corrected chi connectivity index (χ0v) is 12.8. The van der Waals surface area contributed by atoms with Crippen molar-refractivity contribution in [3.8, 4) is 0 Å². The van der Waals surface area contributed by atoms with E-state index in [1.165, 1.54) is 12.1 Å². The van der Waals surface area contributed by atoms with E-state index in [-0.39, 0.29) is 18.0 Å². The van der Waals surface area contributed by atoms with Gasteiger partial charge in [0, 0.05) is 13.2 Å². The topological polar surface area (TPSA) is 66.4 Å². The SMILES string of the molecule is O=S(=O)(NCCc1ccc(CCO)cc1)c1ccc(F)cc1. The third kappa shape index (κ3) is 4.62. The molecule has 6 heteroatoms. The number of nitrogens with one attached hydrogen (secondary N) is 1. The molecule has 0 spiro atoms. The van der Waals surface area contributed by atoms with Crippen LogP contribution in [-0.4, -0.2) is 26.7 Å². The highest BCUT2D eigenvalue weighted by Crippen LogP contribution is 2.10. The molecule has 2 aromatic carbocycles. The molecule has 4 nitrogen and oxygen atoms in total. The van der Waals surface area contributed by atoms with Crippen LogP contribution in [0, 0.1) is 5.82 Å². The zero-order chi connectivity index (χ0) is 16.0. The first-order chi connectivity index (χ1) is 10.5. The minimum atomic E-state index is -3.61. The summed E-state index contributed by atoms with van der Waals surface area (Å²) in [5.41, 5.74) is 2.04. The van der Waals surface area contributed by atoms with Crippen LogP contribution in [0.15, 0.2) is 53.4 Å². The van der Waals surface area contributed by atoms with Gasteiger partial charge in [0.05, 0.1) is 4.90 Å². The summed E-state index contributed by atoms with van der Waals surface area (Å²) in [7, 11) is -3.61. The van der Waals surface area contributed by atoms with E-state index in [9.17, 15) is 12.8 Å². The van der Waals surface area contributed by atoms with E-state index in [4.69, 9.17) is 5.11 Å². The van der Waals surface area contributed by atoms with Crippen LogP contribution in [0.1, 0.15) is 11.1 Å². The second-order valence-corrected chi connectivity index (χ2v) is 6.66. The summed E-state index contributed by atoms with van der Waals surface area (Å²) < 4.78 is 39.3. The molecule has 0 amide bonds. The highest BCUT2D eigenvalue weighted by molar-refractivity contribution is 7.89. The Morgan fingerprint density at radius 1 is 0.909 bits per heavy atom. The molecule has 0 bridgehead atoms. The maximum absolute atomic E-state index is 12.8. The quantitative estimate of drug-likeness (QED) is 0.817. The number of aliphatic hydroxyl groups is 1. The Hall–Kier alpha value is -1.76. The van der Waals surface area contributed by atoms with E-state index in [0.717, 1.165) is 23.3 Å². The largest absolute Gasteiger partial charge is 0.396 e. The number of halogens is 1. The van der Waals surface area contributed by atoms with Crippen molar-refractivity contribution < 1.29 is 17.9 Å². The molecule has 0 saturated heterocycles. The highest BCUT2D eigenvalue weighted by Gasteiger charge is 2.12. The lowest BCUT2D eigenvalue weighted by Gasteiger charge is -2.07. The minimum absolute atomic E-state index is 0.0483. The molecule has 22 heavy (non-hydrogen) atoms. The second-order valence-electron chi connectivity index (χ2n) is 4.89. The van der Waals surface area contributed by atoms with Gasteiger partial charge >= 0.3 is 0 Å². The van der Waals surface area contributed by atoms with Crippen LogP contribution in [0.4, 0.5) is 4.39 Å². The molecular weight excluding hydrogens is 305 g/mol. The summed E-state index contributed by atoms with van der Waals surface area (Å²) in [5, 5.41) is 8.85. The van der Waals surface area contributed by atoms with E-state index in [1.807, 2.05) is 24.3 Å². The number of sulfonamides is 1. The van der Waals surface area contributed by atoms with Crippen LogP contribution in [0.25, 0.3) is 0 Å². The number of aliphatic hydroxyl groups excluding tert-OH is 1. The fourth-order valence-electron chi connectivity index (χ4n) is 2.03. The van der Waals surface area contributed by atoms with Crippen molar-refractivity contribution in [2.45, 2.75) is 17.7 Å². The van der Waals surface area contributed by atoms with Crippen molar-refractivity contribution in [1.82, 2.24) is 4.72 Å². The van der Waals surface area contributed by atoms with E-state index in [0.29, 0.717) is 12.8 Å². The molecule has 0 atom stereocenters. The van der Waals surface area contributed by atoms with Gasteiger partial charge in [-0.05, 0) is 48.2 Å². The van der Waals surface area contributed by atoms with Crippen molar-refractivity contribution in [2.24, 2.45) is 0 Å². The molecule has 0 aliphatic heterocycles. The Morgan fingerprint density at radius 3 is 2.00 bits per heavy atom. The highest BCUT2D eigenvalue weighted by atomic mass is 32.2. The monoisotopic (exact) mass is 323 g/mol. The maximum atomic E-state index is 12.8. The van der Waals surface area contributed by atoms with Crippen molar-refractivity contribution in [2.75, 3.05) is 13.2 Å². The standard InChI is InChI=1S/C16H18FNO3S/c17-15-5-7-16(8-6-15)22(20,21)18-11-9-13-1-3-14(4-2-13)10-12-19/h1-8,18-19H,9-12H2. The maximum Gasteiger partial charge on any atom is 0.240 e. The van der Waals surface area contributed by atoms with Gasteiger partial charge in [-0.25, -0.2) is 17.5 Å². The fourth-order valence-corrected chi connectivity index (χ4v) is 3.06. The molecule has 2 aromatic rings. The predicted molar refractivity (Wildman–Crippen MR) is 82.5 cm³/mol. The van der Waals surface area contributed by atoms with Gasteiger partial charge in [-0.3, -0.25) is 0 Å². The lowest BCUT2D eigenvalue weighted by Crippen LogP contribution is -2.26. The van der Waals surface area contributed by atoms with Crippen molar-refractivity contribution in [3.05, 3.63) is 65.5 Å². The van der Waals surface area contributed by atoms with Gasteiger partial charge in [0.25, 0.3) is 0 Å². The second kappa shape index (κ2) is 7.49. The third-order valence-corrected chi connectivity index (χ3v) is 4.73. The van der Waals surface area contributed by atoms with Gasteiger partial charge < -0.3 is 5.11 Å². The van der Waals surface area contributed by atoms with E-state index < -0.39 is 15.8 Å². The number of benzene rings is 2. The van der Waals surface area contributed by atoms with Gasteiger partial charge in [-0.1, -0.05) is 24.3 Å². The molecule has 2 N–H and O–H groups in total. The normalized spacial score (nSPS) is 11.5. The predicted octanol–water partition coefficient (Wildman–Crippen LogP) is 1.88. The average molecular weight is 323 g/mol. The van der Waals surface area contributed by atoms with Crippen LogP contribution in [-0.2, 0) is 22.9 Å². The van der Waals surface area contributed by atoms with Gasteiger partial charge in [0.1, 0.15) is 5.82 Å². The molecule has 2 rings (SSSR count). The van der Waals surface area contributed by atoms with Crippen LogP contribution < -0.4 is 4.72 Å². The molecule has 0 aliphatic rings. The first-order valence-corrected chi connectivity index (χ1v) is 8.43. The summed E-state index contributed by atoms with van der Waals surface area (Å²) >= 11 is 0. The third-order valence-electron chi connectivity index (χ3n) is 3.25. The minimum Gasteiger partial charge on any atom is -0.396 e. The summed E-state index contributed by atoms with van der Waals surface area (Å²) in [5.74, 6) is -0.470. The van der Waals surface area contributed by atoms with Gasteiger partial charge in [-0.2, -0.15) is 0 Å². The molecule has 0 heterocycles. The first kappa shape index (κ1) is 16.6. The van der Waals surface area contributed by atoms with Crippen LogP contribution >= 0.6 is 0 Å². The average Bonchev–Trinajstić information content (AvgIpc) is 2.50. The molecule has 0 radical (unpaired) electrons. The Bertz CT molecular complexity index is 697. The zero-order valence-electron chi connectivity index (χ0n) is 12.0. The summed E-state index contributed by atoms with van der Waals surface area (Å²) in [6.07, 6.45) is 1.16. The van der Waals surface area contributed by atoms with Crippen molar-refractivity contribution in [3.63, 3.8) is 0 Å². The van der Waals surface area contributed by atoms with E-state index >= 15 is 0 Å². The van der Waals surface area contributed by atoms with Crippen LogP contribution in [0.3, 0.4) is 0 Å². The molecule has 118 valence electrons. The Morgan fingerprint density at radius 2 is 1.45 bits per heavy atom. The smallest absolute Gasteiger partial charge is 0.240 e. The summed E-state index contributed by atoms with van der Waals surface area (Å²) in [6, 6.07) is 12.4. The first-order valence-electron chi connectivity index (χ1n) is 6.95. The van der Waals surface area contributed by atoms with Gasteiger partial charge in [0.2, 0.25) is 10.0 Å². The Balaban J connectivity index is 1.91. The fraction of sp³-hybridized carbons (Fsp3) is 0.250.